The van der Waals surface area contributed by atoms with E-state index in [1.165, 1.54) is 0 Å². The third-order valence-corrected chi connectivity index (χ3v) is 2.63. The van der Waals surface area contributed by atoms with E-state index >= 15 is 0 Å². The van der Waals surface area contributed by atoms with E-state index < -0.39 is 0 Å². The number of para-hydroxylation sites is 1. The third kappa shape index (κ3) is 2.41. The number of carbonyl (C=O) groups is 1. The van der Waals surface area contributed by atoms with Crippen molar-refractivity contribution in [2.24, 2.45) is 0 Å². The van der Waals surface area contributed by atoms with Crippen LogP contribution in [0.2, 0.25) is 0 Å². The number of carbonyl (C=O) groups excluding carboxylic acids is 1. The molecule has 0 unspecified atom stereocenters. The van der Waals surface area contributed by atoms with Crippen LogP contribution in [0.5, 0.6) is 0 Å². The summed E-state index contributed by atoms with van der Waals surface area (Å²) in [7, 11) is 1.87. The summed E-state index contributed by atoms with van der Waals surface area (Å²) in [5.74, 6) is 0.999. The molecule has 0 bridgehead atoms. The van der Waals surface area contributed by atoms with Crippen LogP contribution in [0.15, 0.2) is 40.8 Å². The second-order valence-corrected chi connectivity index (χ2v) is 3.91. The highest BCUT2D eigenvalue weighted by Crippen LogP contribution is 2.20. The van der Waals surface area contributed by atoms with Gasteiger partial charge in [-0.1, -0.05) is 12.1 Å². The third-order valence-electron chi connectivity index (χ3n) is 2.63. The minimum absolute atomic E-state index is 0.312. The highest BCUT2D eigenvalue weighted by Gasteiger charge is 2.09. The molecule has 1 aromatic carbocycles. The van der Waals surface area contributed by atoms with Crippen LogP contribution >= 0.6 is 0 Å². The van der Waals surface area contributed by atoms with Gasteiger partial charge in [0.2, 0.25) is 0 Å². The van der Waals surface area contributed by atoms with E-state index in [0.717, 1.165) is 5.69 Å². The standard InChI is InChI=1S/C14H12N2O2/c1-16(9-12-6-7-13(10-17)18-12)14-5-3-2-4-11(14)8-15/h2-7,10H,9H2,1H3. The Balaban J connectivity index is 2.19. The summed E-state index contributed by atoms with van der Waals surface area (Å²) >= 11 is 0. The minimum atomic E-state index is 0.312. The topological polar surface area (TPSA) is 57.2 Å². The quantitative estimate of drug-likeness (QED) is 0.771. The van der Waals surface area contributed by atoms with Gasteiger partial charge >= 0.3 is 0 Å². The molecular formula is C14H12N2O2. The van der Waals surface area contributed by atoms with Gasteiger partial charge in [0.25, 0.3) is 0 Å². The van der Waals surface area contributed by atoms with E-state index in [9.17, 15) is 4.79 Å². The number of hydrogen-bond acceptors (Lipinski definition) is 4. The normalized spacial score (nSPS) is 9.78. The monoisotopic (exact) mass is 240 g/mol. The Morgan fingerprint density at radius 3 is 2.78 bits per heavy atom. The molecule has 1 heterocycles. The maximum Gasteiger partial charge on any atom is 0.185 e. The molecule has 0 radical (unpaired) electrons. The number of benzene rings is 1. The highest BCUT2D eigenvalue weighted by atomic mass is 16.3. The molecule has 0 aliphatic carbocycles. The highest BCUT2D eigenvalue weighted by molar-refractivity contribution is 5.70. The van der Waals surface area contributed by atoms with E-state index in [1.54, 1.807) is 18.2 Å². The maximum absolute atomic E-state index is 10.5. The average molecular weight is 240 g/mol. The summed E-state index contributed by atoms with van der Waals surface area (Å²) in [6.07, 6.45) is 0.673. The molecule has 0 aliphatic rings. The Bertz CT molecular complexity index is 596. The van der Waals surface area contributed by atoms with Gasteiger partial charge in [-0.05, 0) is 24.3 Å². The van der Waals surface area contributed by atoms with Gasteiger partial charge in [0, 0.05) is 7.05 Å². The number of furan rings is 1. The van der Waals surface area contributed by atoms with Gasteiger partial charge in [-0.3, -0.25) is 4.79 Å². The smallest absolute Gasteiger partial charge is 0.185 e. The number of anilines is 1. The zero-order chi connectivity index (χ0) is 13.0. The van der Waals surface area contributed by atoms with Crippen molar-refractivity contribution in [3.8, 4) is 6.07 Å². The summed E-state index contributed by atoms with van der Waals surface area (Å²) < 4.78 is 5.31. The molecule has 0 fully saturated rings. The zero-order valence-corrected chi connectivity index (χ0v) is 9.96. The molecule has 1 aromatic heterocycles. The van der Waals surface area contributed by atoms with Gasteiger partial charge in [0.05, 0.1) is 17.8 Å². The number of nitriles is 1. The number of rotatable bonds is 4. The van der Waals surface area contributed by atoms with Crippen molar-refractivity contribution >= 4 is 12.0 Å². The van der Waals surface area contributed by atoms with Crippen LogP contribution < -0.4 is 4.90 Å². The van der Waals surface area contributed by atoms with Crippen LogP contribution in [0.25, 0.3) is 0 Å². The van der Waals surface area contributed by atoms with Crippen molar-refractivity contribution in [1.29, 1.82) is 5.26 Å². The molecule has 2 aromatic rings. The summed E-state index contributed by atoms with van der Waals surface area (Å²) in [5, 5.41) is 9.03. The molecule has 0 aliphatic heterocycles. The first-order valence-electron chi connectivity index (χ1n) is 5.48. The van der Waals surface area contributed by atoms with Crippen molar-refractivity contribution < 1.29 is 9.21 Å². The fourth-order valence-corrected chi connectivity index (χ4v) is 1.76. The van der Waals surface area contributed by atoms with Crippen molar-refractivity contribution in [2.75, 3.05) is 11.9 Å². The van der Waals surface area contributed by atoms with Gasteiger partial charge in [-0.15, -0.1) is 0 Å². The molecular weight excluding hydrogens is 228 g/mol. The number of aldehydes is 1. The van der Waals surface area contributed by atoms with Crippen LogP contribution in [0, 0.1) is 11.3 Å². The molecule has 0 saturated carbocycles. The molecule has 0 N–H and O–H groups in total. The molecule has 0 atom stereocenters. The molecule has 0 amide bonds. The summed E-state index contributed by atoms with van der Waals surface area (Å²) in [4.78, 5) is 12.4. The average Bonchev–Trinajstić information content (AvgIpc) is 2.86. The maximum atomic E-state index is 10.5. The first kappa shape index (κ1) is 11.9. The molecule has 90 valence electrons. The Kier molecular flexibility index (Phi) is 3.44. The van der Waals surface area contributed by atoms with Gasteiger partial charge < -0.3 is 9.32 Å². The number of hydrogen-bond donors (Lipinski definition) is 0. The lowest BCUT2D eigenvalue weighted by Crippen LogP contribution is -2.17. The van der Waals surface area contributed by atoms with Crippen LogP contribution in [0.1, 0.15) is 21.9 Å². The molecule has 2 rings (SSSR count). The molecule has 0 saturated heterocycles. The molecule has 0 spiro atoms. The van der Waals surface area contributed by atoms with E-state index in [0.29, 0.717) is 29.9 Å². The molecule has 4 nitrogen and oxygen atoms in total. The van der Waals surface area contributed by atoms with Gasteiger partial charge in [-0.25, -0.2) is 0 Å². The first-order chi connectivity index (χ1) is 8.74. The Morgan fingerprint density at radius 2 is 2.11 bits per heavy atom. The van der Waals surface area contributed by atoms with E-state index in [1.807, 2.05) is 30.1 Å². The largest absolute Gasteiger partial charge is 0.456 e. The van der Waals surface area contributed by atoms with E-state index in [-0.39, 0.29) is 0 Å². The summed E-state index contributed by atoms with van der Waals surface area (Å²) in [5.41, 5.74) is 1.45. The van der Waals surface area contributed by atoms with Crippen LogP contribution in [-0.2, 0) is 6.54 Å². The fraction of sp³-hybridized carbons (Fsp3) is 0.143. The lowest BCUT2D eigenvalue weighted by molar-refractivity contribution is 0.109. The van der Waals surface area contributed by atoms with Gasteiger partial charge in [-0.2, -0.15) is 5.26 Å². The van der Waals surface area contributed by atoms with Gasteiger partial charge in [0.15, 0.2) is 12.0 Å². The first-order valence-corrected chi connectivity index (χ1v) is 5.48. The van der Waals surface area contributed by atoms with Gasteiger partial charge in [0.1, 0.15) is 11.8 Å². The Morgan fingerprint density at radius 1 is 1.33 bits per heavy atom. The van der Waals surface area contributed by atoms with E-state index in [2.05, 4.69) is 6.07 Å². The van der Waals surface area contributed by atoms with Crippen molar-refractivity contribution in [3.63, 3.8) is 0 Å². The predicted molar refractivity (Wildman–Crippen MR) is 67.4 cm³/mol. The summed E-state index contributed by atoms with van der Waals surface area (Å²) in [6.45, 7) is 0.506. The summed E-state index contributed by atoms with van der Waals surface area (Å²) in [6, 6.07) is 12.9. The minimum Gasteiger partial charge on any atom is -0.456 e. The van der Waals surface area contributed by atoms with Crippen molar-refractivity contribution in [2.45, 2.75) is 6.54 Å². The van der Waals surface area contributed by atoms with E-state index in [4.69, 9.17) is 9.68 Å². The van der Waals surface area contributed by atoms with Crippen LogP contribution in [-0.4, -0.2) is 13.3 Å². The predicted octanol–water partition coefficient (Wildman–Crippen LogP) is 2.60. The van der Waals surface area contributed by atoms with Crippen molar-refractivity contribution in [3.05, 3.63) is 53.5 Å². The lowest BCUT2D eigenvalue weighted by atomic mass is 10.2. The van der Waals surface area contributed by atoms with Crippen LogP contribution in [0.3, 0.4) is 0 Å². The SMILES string of the molecule is CN(Cc1ccc(C=O)o1)c1ccccc1C#N. The Labute approximate surface area is 105 Å². The second-order valence-electron chi connectivity index (χ2n) is 3.91. The zero-order valence-electron chi connectivity index (χ0n) is 9.96. The molecule has 18 heavy (non-hydrogen) atoms. The number of nitrogens with zero attached hydrogens (tertiary/aromatic N) is 2. The van der Waals surface area contributed by atoms with Crippen molar-refractivity contribution in [1.82, 2.24) is 0 Å². The second kappa shape index (κ2) is 5.19. The fourth-order valence-electron chi connectivity index (χ4n) is 1.76. The van der Waals surface area contributed by atoms with Crippen LogP contribution in [0.4, 0.5) is 5.69 Å². The molecule has 4 heteroatoms. The lowest BCUT2D eigenvalue weighted by Gasteiger charge is -2.18. The Hall–Kier alpha value is -2.54.